The largest absolute Gasteiger partial charge is 0.330 e. The van der Waals surface area contributed by atoms with Crippen LogP contribution in [0.25, 0.3) is 11.1 Å². The highest BCUT2D eigenvalue weighted by Crippen LogP contribution is 2.17. The van der Waals surface area contributed by atoms with E-state index in [0.29, 0.717) is 6.54 Å². The summed E-state index contributed by atoms with van der Waals surface area (Å²) in [7, 11) is 0. The first-order valence-electron chi connectivity index (χ1n) is 5.28. The number of hydrogen-bond donors (Lipinski definition) is 2. The summed E-state index contributed by atoms with van der Waals surface area (Å²) in [4.78, 5) is 13.6. The summed E-state index contributed by atoms with van der Waals surface area (Å²) in [6.07, 6.45) is 2.62. The number of nitrogens with one attached hydrogen (secondary N) is 1. The van der Waals surface area contributed by atoms with E-state index < -0.39 is 0 Å². The Morgan fingerprint density at radius 2 is 1.69 bits per heavy atom. The molecule has 0 aliphatic carbocycles. The number of aromatic amines is 1. The molecule has 2 rings (SSSR count). The number of benzene rings is 1. The second-order valence-electron chi connectivity index (χ2n) is 3.68. The van der Waals surface area contributed by atoms with Gasteiger partial charge in [-0.05, 0) is 35.7 Å². The van der Waals surface area contributed by atoms with E-state index >= 15 is 0 Å². The Kier molecular flexibility index (Phi) is 3.17. The molecular formula is C13H14N2O. The molecule has 1 aromatic heterocycles. The van der Waals surface area contributed by atoms with Crippen molar-refractivity contribution in [3.8, 4) is 11.1 Å². The summed E-state index contributed by atoms with van der Waals surface area (Å²) >= 11 is 0. The highest BCUT2D eigenvalue weighted by atomic mass is 16.1. The van der Waals surface area contributed by atoms with Gasteiger partial charge in [-0.15, -0.1) is 0 Å². The van der Waals surface area contributed by atoms with Gasteiger partial charge in [0, 0.05) is 12.3 Å². The minimum atomic E-state index is -0.0801. The van der Waals surface area contributed by atoms with Crippen molar-refractivity contribution in [1.82, 2.24) is 4.98 Å². The van der Waals surface area contributed by atoms with Crippen LogP contribution in [0.2, 0.25) is 0 Å². The van der Waals surface area contributed by atoms with E-state index in [-0.39, 0.29) is 5.56 Å². The van der Waals surface area contributed by atoms with E-state index in [0.717, 1.165) is 17.5 Å². The molecule has 0 spiro atoms. The molecule has 0 saturated heterocycles. The first kappa shape index (κ1) is 10.6. The van der Waals surface area contributed by atoms with E-state index in [1.54, 1.807) is 6.20 Å². The maximum Gasteiger partial charge on any atom is 0.247 e. The van der Waals surface area contributed by atoms with Crippen LogP contribution in [0.3, 0.4) is 0 Å². The van der Waals surface area contributed by atoms with Gasteiger partial charge in [-0.25, -0.2) is 0 Å². The zero-order valence-corrected chi connectivity index (χ0v) is 8.94. The van der Waals surface area contributed by atoms with Crippen LogP contribution in [0.15, 0.2) is 47.4 Å². The Bertz CT molecular complexity index is 494. The fourth-order valence-corrected chi connectivity index (χ4v) is 1.62. The molecule has 1 aromatic carbocycles. The summed E-state index contributed by atoms with van der Waals surface area (Å²) in [5.41, 5.74) is 8.75. The van der Waals surface area contributed by atoms with Crippen molar-refractivity contribution in [3.05, 3.63) is 58.5 Å². The fourth-order valence-electron chi connectivity index (χ4n) is 1.62. The lowest BCUT2D eigenvalue weighted by Gasteiger charge is -2.03. The average Bonchev–Trinajstić information content (AvgIpc) is 2.32. The van der Waals surface area contributed by atoms with Gasteiger partial charge in [-0.3, -0.25) is 4.79 Å². The van der Waals surface area contributed by atoms with Crippen molar-refractivity contribution in [3.63, 3.8) is 0 Å². The Hall–Kier alpha value is -1.87. The van der Waals surface area contributed by atoms with E-state index in [1.165, 1.54) is 11.6 Å². The van der Waals surface area contributed by atoms with Crippen molar-refractivity contribution in [1.29, 1.82) is 0 Å². The predicted molar refractivity (Wildman–Crippen MR) is 65.3 cm³/mol. The van der Waals surface area contributed by atoms with Crippen LogP contribution >= 0.6 is 0 Å². The molecule has 3 nitrogen and oxygen atoms in total. The third-order valence-electron chi connectivity index (χ3n) is 2.50. The van der Waals surface area contributed by atoms with Gasteiger partial charge < -0.3 is 10.7 Å². The number of rotatable bonds is 3. The summed E-state index contributed by atoms with van der Waals surface area (Å²) in [6, 6.07) is 11.6. The smallest absolute Gasteiger partial charge is 0.247 e. The van der Waals surface area contributed by atoms with Crippen LogP contribution < -0.4 is 11.3 Å². The molecule has 16 heavy (non-hydrogen) atoms. The minimum Gasteiger partial charge on any atom is -0.330 e. The molecule has 0 bridgehead atoms. The molecule has 0 amide bonds. The SMILES string of the molecule is NCCc1ccc(-c2ccc(=O)[nH]c2)cc1. The second kappa shape index (κ2) is 4.77. The number of aromatic nitrogens is 1. The molecule has 0 unspecified atom stereocenters. The lowest BCUT2D eigenvalue weighted by molar-refractivity contribution is 0.969. The number of H-pyrrole nitrogens is 1. The Morgan fingerprint density at radius 3 is 2.25 bits per heavy atom. The standard InChI is InChI=1S/C13H14N2O/c14-8-7-10-1-3-11(4-2-10)12-5-6-13(16)15-9-12/h1-6,9H,7-8,14H2,(H,15,16). The van der Waals surface area contributed by atoms with Gasteiger partial charge in [0.1, 0.15) is 0 Å². The Balaban J connectivity index is 2.27. The van der Waals surface area contributed by atoms with Crippen molar-refractivity contribution >= 4 is 0 Å². The normalized spacial score (nSPS) is 10.3. The number of hydrogen-bond acceptors (Lipinski definition) is 2. The van der Waals surface area contributed by atoms with E-state index in [9.17, 15) is 4.79 Å². The predicted octanol–water partition coefficient (Wildman–Crippen LogP) is 1.54. The van der Waals surface area contributed by atoms with Crippen molar-refractivity contribution in [2.75, 3.05) is 6.54 Å². The van der Waals surface area contributed by atoms with Crippen molar-refractivity contribution in [2.24, 2.45) is 5.73 Å². The van der Waals surface area contributed by atoms with Crippen molar-refractivity contribution < 1.29 is 0 Å². The second-order valence-corrected chi connectivity index (χ2v) is 3.68. The first-order valence-corrected chi connectivity index (χ1v) is 5.28. The molecule has 82 valence electrons. The molecular weight excluding hydrogens is 200 g/mol. The van der Waals surface area contributed by atoms with Crippen LogP contribution in [0, 0.1) is 0 Å². The highest BCUT2D eigenvalue weighted by molar-refractivity contribution is 5.62. The molecule has 0 saturated carbocycles. The first-order chi connectivity index (χ1) is 7.79. The summed E-state index contributed by atoms with van der Waals surface area (Å²) in [5, 5.41) is 0. The molecule has 2 aromatic rings. The van der Waals surface area contributed by atoms with Gasteiger partial charge in [0.15, 0.2) is 0 Å². The molecule has 0 aliphatic heterocycles. The molecule has 0 radical (unpaired) electrons. The molecule has 3 N–H and O–H groups in total. The van der Waals surface area contributed by atoms with Gasteiger partial charge in [0.25, 0.3) is 0 Å². The number of pyridine rings is 1. The molecule has 1 heterocycles. The van der Waals surface area contributed by atoms with Gasteiger partial charge in [0.05, 0.1) is 0 Å². The molecule has 0 atom stereocenters. The maximum absolute atomic E-state index is 10.9. The van der Waals surface area contributed by atoms with Gasteiger partial charge in [0.2, 0.25) is 5.56 Å². The highest BCUT2D eigenvalue weighted by Gasteiger charge is 1.97. The fraction of sp³-hybridized carbons (Fsp3) is 0.154. The van der Waals surface area contributed by atoms with Gasteiger partial charge in [-0.1, -0.05) is 24.3 Å². The van der Waals surface area contributed by atoms with Crippen LogP contribution in [0.4, 0.5) is 0 Å². The third kappa shape index (κ3) is 2.38. The topological polar surface area (TPSA) is 58.9 Å². The van der Waals surface area contributed by atoms with Gasteiger partial charge in [-0.2, -0.15) is 0 Å². The monoisotopic (exact) mass is 214 g/mol. The van der Waals surface area contributed by atoms with Crippen LogP contribution in [0.5, 0.6) is 0 Å². The lowest BCUT2D eigenvalue weighted by Crippen LogP contribution is -2.02. The third-order valence-corrected chi connectivity index (χ3v) is 2.50. The summed E-state index contributed by atoms with van der Waals surface area (Å²) in [5.74, 6) is 0. The Morgan fingerprint density at radius 1 is 1.00 bits per heavy atom. The lowest BCUT2D eigenvalue weighted by atomic mass is 10.0. The molecule has 0 fully saturated rings. The van der Waals surface area contributed by atoms with E-state index in [1.807, 2.05) is 18.2 Å². The average molecular weight is 214 g/mol. The van der Waals surface area contributed by atoms with Gasteiger partial charge >= 0.3 is 0 Å². The molecule has 3 heteroatoms. The van der Waals surface area contributed by atoms with Crippen molar-refractivity contribution in [2.45, 2.75) is 6.42 Å². The summed E-state index contributed by atoms with van der Waals surface area (Å²) < 4.78 is 0. The van der Waals surface area contributed by atoms with E-state index in [4.69, 9.17) is 5.73 Å². The Labute approximate surface area is 93.9 Å². The van der Waals surface area contributed by atoms with Crippen LogP contribution in [0.1, 0.15) is 5.56 Å². The van der Waals surface area contributed by atoms with Crippen LogP contribution in [-0.2, 0) is 6.42 Å². The molecule has 0 aliphatic rings. The summed E-state index contributed by atoms with van der Waals surface area (Å²) in [6.45, 7) is 0.665. The maximum atomic E-state index is 10.9. The number of nitrogens with two attached hydrogens (primary N) is 1. The minimum absolute atomic E-state index is 0.0801. The van der Waals surface area contributed by atoms with Crippen LogP contribution in [-0.4, -0.2) is 11.5 Å². The van der Waals surface area contributed by atoms with E-state index in [2.05, 4.69) is 17.1 Å². The zero-order chi connectivity index (χ0) is 11.4. The quantitative estimate of drug-likeness (QED) is 0.814. The zero-order valence-electron chi connectivity index (χ0n) is 8.94.